The van der Waals surface area contributed by atoms with E-state index in [1.807, 2.05) is 0 Å². The zero-order chi connectivity index (χ0) is 26.6. The van der Waals surface area contributed by atoms with Gasteiger partial charge >= 0.3 is 6.18 Å². The number of ether oxygens (including phenoxy) is 1. The Kier molecular flexibility index (Phi) is 8.04. The van der Waals surface area contributed by atoms with Crippen LogP contribution in [0.5, 0.6) is 5.75 Å². The second-order valence-electron chi connectivity index (χ2n) is 9.42. The maximum atomic E-state index is 13.4. The summed E-state index contributed by atoms with van der Waals surface area (Å²) in [5.41, 5.74) is -0.211. The van der Waals surface area contributed by atoms with Crippen molar-refractivity contribution in [1.82, 2.24) is 15.1 Å². The van der Waals surface area contributed by atoms with Crippen LogP contribution < -0.4 is 10.1 Å². The van der Waals surface area contributed by atoms with Crippen molar-refractivity contribution in [2.24, 2.45) is 5.92 Å². The van der Waals surface area contributed by atoms with Gasteiger partial charge in [-0.25, -0.2) is 0 Å². The van der Waals surface area contributed by atoms with Crippen LogP contribution in [0.2, 0.25) is 0 Å². The van der Waals surface area contributed by atoms with Crippen LogP contribution >= 0.6 is 0 Å². The quantitative estimate of drug-likeness (QED) is 0.629. The predicted molar refractivity (Wildman–Crippen MR) is 130 cm³/mol. The van der Waals surface area contributed by atoms with Gasteiger partial charge in [-0.3, -0.25) is 14.4 Å². The zero-order valence-corrected chi connectivity index (χ0v) is 20.6. The van der Waals surface area contributed by atoms with Crippen molar-refractivity contribution in [3.05, 3.63) is 65.2 Å². The molecule has 0 bridgehead atoms. The van der Waals surface area contributed by atoms with Gasteiger partial charge in [-0.1, -0.05) is 0 Å². The fourth-order valence-electron chi connectivity index (χ4n) is 4.90. The molecule has 0 unspecified atom stereocenters. The van der Waals surface area contributed by atoms with Crippen LogP contribution in [0.4, 0.5) is 13.2 Å². The summed E-state index contributed by atoms with van der Waals surface area (Å²) in [6.45, 7) is 1.98. The molecule has 2 heterocycles. The lowest BCUT2D eigenvalue weighted by molar-refractivity contribution is -0.137. The number of alkyl halides is 3. The minimum atomic E-state index is -4.47. The van der Waals surface area contributed by atoms with Crippen LogP contribution in [0.1, 0.15) is 52.0 Å². The molecule has 2 fully saturated rings. The molecule has 0 aliphatic carbocycles. The fourth-order valence-corrected chi connectivity index (χ4v) is 4.90. The fraction of sp³-hybridized carbons (Fsp3) is 0.444. The molecular formula is C27H30F3N3O4. The number of carbonyl (C=O) groups is 3. The van der Waals surface area contributed by atoms with Gasteiger partial charge in [0, 0.05) is 37.3 Å². The molecule has 7 nitrogen and oxygen atoms in total. The first-order chi connectivity index (χ1) is 17.7. The maximum absolute atomic E-state index is 13.4. The van der Waals surface area contributed by atoms with E-state index in [0.29, 0.717) is 50.3 Å². The maximum Gasteiger partial charge on any atom is 0.416 e. The van der Waals surface area contributed by atoms with E-state index in [1.54, 1.807) is 34.1 Å². The van der Waals surface area contributed by atoms with E-state index < -0.39 is 17.8 Å². The summed E-state index contributed by atoms with van der Waals surface area (Å²) in [6, 6.07) is 10.1. The van der Waals surface area contributed by atoms with Gasteiger partial charge in [0.25, 0.3) is 11.8 Å². The van der Waals surface area contributed by atoms with Crippen LogP contribution in [0.3, 0.4) is 0 Å². The number of hydrogen-bond donors (Lipinski definition) is 1. The molecule has 0 spiro atoms. The summed E-state index contributed by atoms with van der Waals surface area (Å²) in [6.07, 6.45) is -1.65. The van der Waals surface area contributed by atoms with Crippen molar-refractivity contribution in [2.45, 2.75) is 37.9 Å². The Morgan fingerprint density at radius 3 is 1.97 bits per heavy atom. The molecule has 2 saturated heterocycles. The number of methoxy groups -OCH3 is 1. The number of benzene rings is 2. The summed E-state index contributed by atoms with van der Waals surface area (Å²) >= 11 is 0. The number of halogens is 3. The highest BCUT2D eigenvalue weighted by Crippen LogP contribution is 2.30. The van der Waals surface area contributed by atoms with Crippen LogP contribution in [-0.4, -0.2) is 66.9 Å². The third-order valence-electron chi connectivity index (χ3n) is 7.08. The lowest BCUT2D eigenvalue weighted by Gasteiger charge is -2.37. The molecule has 198 valence electrons. The molecule has 1 N–H and O–H groups in total. The molecule has 4 rings (SSSR count). The molecule has 0 saturated carbocycles. The van der Waals surface area contributed by atoms with E-state index >= 15 is 0 Å². The largest absolute Gasteiger partial charge is 0.497 e. The number of rotatable bonds is 6. The third-order valence-corrected chi connectivity index (χ3v) is 7.08. The van der Waals surface area contributed by atoms with Crippen molar-refractivity contribution in [2.75, 3.05) is 33.3 Å². The summed E-state index contributed by atoms with van der Waals surface area (Å²) in [5.74, 6) is -0.384. The van der Waals surface area contributed by atoms with Gasteiger partial charge in [-0.2, -0.15) is 13.2 Å². The Morgan fingerprint density at radius 1 is 0.865 bits per heavy atom. The molecular weight excluding hydrogens is 487 g/mol. The highest BCUT2D eigenvalue weighted by molar-refractivity contribution is 5.98. The second kappa shape index (κ2) is 11.2. The number of nitrogens with one attached hydrogen (secondary N) is 1. The number of likely N-dealkylation sites (tertiary alicyclic amines) is 2. The Hall–Kier alpha value is -3.56. The SMILES string of the molecule is COc1ccc(C(=O)N[C@@H](C(=O)N2CCCC2)C2CCN(C(=O)c3ccc(C(F)(F)F)cc3)CC2)cc1. The standard InChI is InChI=1S/C27H30F3N3O4/c1-37-22-10-6-19(7-11-22)24(34)31-23(26(36)32-14-2-3-15-32)18-12-16-33(17-13-18)25(35)20-4-8-21(9-5-20)27(28,29)30/h4-11,18,23H,2-3,12-17H2,1H3,(H,31,34)/t23-/m1/s1. The van der Waals surface area contributed by atoms with E-state index in [0.717, 1.165) is 25.0 Å². The van der Waals surface area contributed by atoms with E-state index in [2.05, 4.69) is 5.32 Å². The van der Waals surface area contributed by atoms with E-state index in [9.17, 15) is 27.6 Å². The van der Waals surface area contributed by atoms with Crippen molar-refractivity contribution < 1.29 is 32.3 Å². The average molecular weight is 518 g/mol. The Balaban J connectivity index is 1.43. The minimum Gasteiger partial charge on any atom is -0.497 e. The lowest BCUT2D eigenvalue weighted by atomic mass is 9.88. The lowest BCUT2D eigenvalue weighted by Crippen LogP contribution is -2.54. The highest BCUT2D eigenvalue weighted by Gasteiger charge is 2.37. The Labute approximate surface area is 213 Å². The van der Waals surface area contributed by atoms with E-state index in [1.165, 1.54) is 19.2 Å². The van der Waals surface area contributed by atoms with Crippen LogP contribution in [0.15, 0.2) is 48.5 Å². The molecule has 3 amide bonds. The van der Waals surface area contributed by atoms with Gasteiger partial charge in [-0.05, 0) is 80.1 Å². The van der Waals surface area contributed by atoms with Crippen LogP contribution in [0, 0.1) is 5.92 Å². The van der Waals surface area contributed by atoms with Crippen LogP contribution in [0.25, 0.3) is 0 Å². The number of piperidine rings is 1. The topological polar surface area (TPSA) is 79.0 Å². The number of hydrogen-bond acceptors (Lipinski definition) is 4. The summed E-state index contributed by atoms with van der Waals surface area (Å²) in [7, 11) is 1.54. The summed E-state index contributed by atoms with van der Waals surface area (Å²) in [5, 5.41) is 2.93. The number of carbonyl (C=O) groups excluding carboxylic acids is 3. The first-order valence-corrected chi connectivity index (χ1v) is 12.4. The normalized spacial score (nSPS) is 17.4. The average Bonchev–Trinajstić information content (AvgIpc) is 3.46. The molecule has 2 aliphatic heterocycles. The first-order valence-electron chi connectivity index (χ1n) is 12.4. The molecule has 1 atom stereocenters. The molecule has 10 heteroatoms. The summed E-state index contributed by atoms with van der Waals surface area (Å²) in [4.78, 5) is 42.6. The Morgan fingerprint density at radius 2 is 1.43 bits per heavy atom. The Bertz CT molecular complexity index is 1110. The highest BCUT2D eigenvalue weighted by atomic mass is 19.4. The van der Waals surface area contributed by atoms with Gasteiger partial charge < -0.3 is 19.9 Å². The zero-order valence-electron chi connectivity index (χ0n) is 20.6. The van der Waals surface area contributed by atoms with E-state index in [-0.39, 0.29) is 29.2 Å². The predicted octanol–water partition coefficient (Wildman–Crippen LogP) is 3.99. The van der Waals surface area contributed by atoms with Crippen LogP contribution in [-0.2, 0) is 11.0 Å². The number of nitrogens with zero attached hydrogens (tertiary/aromatic N) is 2. The van der Waals surface area contributed by atoms with Gasteiger partial charge in [0.15, 0.2) is 0 Å². The van der Waals surface area contributed by atoms with E-state index in [4.69, 9.17) is 4.74 Å². The molecule has 0 radical (unpaired) electrons. The van der Waals surface area contributed by atoms with Gasteiger partial charge in [0.2, 0.25) is 5.91 Å². The summed E-state index contributed by atoms with van der Waals surface area (Å²) < 4.78 is 43.7. The first kappa shape index (κ1) is 26.5. The second-order valence-corrected chi connectivity index (χ2v) is 9.42. The third kappa shape index (κ3) is 6.23. The van der Waals surface area contributed by atoms with Crippen molar-refractivity contribution >= 4 is 17.7 Å². The van der Waals surface area contributed by atoms with Crippen molar-refractivity contribution in [3.63, 3.8) is 0 Å². The molecule has 2 aliphatic rings. The smallest absolute Gasteiger partial charge is 0.416 e. The van der Waals surface area contributed by atoms with Gasteiger partial charge in [0.05, 0.1) is 12.7 Å². The minimum absolute atomic E-state index is 0.119. The van der Waals surface area contributed by atoms with Gasteiger partial charge in [-0.15, -0.1) is 0 Å². The molecule has 0 aromatic heterocycles. The number of amides is 3. The molecule has 2 aromatic rings. The molecule has 2 aromatic carbocycles. The molecule has 37 heavy (non-hydrogen) atoms. The van der Waals surface area contributed by atoms with Crippen molar-refractivity contribution in [3.8, 4) is 5.75 Å². The van der Waals surface area contributed by atoms with Gasteiger partial charge in [0.1, 0.15) is 11.8 Å². The monoisotopic (exact) mass is 517 g/mol. The van der Waals surface area contributed by atoms with Crippen molar-refractivity contribution in [1.29, 1.82) is 0 Å².